The Balaban J connectivity index is 0.000000671. The van der Waals surface area contributed by atoms with Crippen molar-refractivity contribution in [2.75, 3.05) is 5.73 Å². The lowest BCUT2D eigenvalue weighted by molar-refractivity contribution is 0.0698. The molecule has 0 amide bonds. The Hall–Kier alpha value is -1.22. The average molecular weight is 202 g/mol. The second-order valence-electron chi connectivity index (χ2n) is 2.01. The molecule has 1 rings (SSSR count). The zero-order chi connectivity index (χ0) is 10.4. The smallest absolute Gasteiger partial charge is 0.339 e. The molecule has 0 saturated carbocycles. The van der Waals surface area contributed by atoms with Crippen molar-refractivity contribution in [2.45, 2.75) is 13.8 Å². The molecule has 0 saturated heterocycles. The van der Waals surface area contributed by atoms with Crippen LogP contribution in [-0.2, 0) is 0 Å². The number of hydrogen-bond acceptors (Lipinski definition) is 2. The third kappa shape index (κ3) is 2.95. The molecule has 1 aromatic carbocycles. The number of carboxylic acids is 1. The van der Waals surface area contributed by atoms with Gasteiger partial charge in [-0.3, -0.25) is 0 Å². The molecule has 1 aromatic rings. The molecule has 0 aliphatic rings. The number of carbonyl (C=O) groups is 1. The molecule has 0 aliphatic carbocycles. The molecule has 13 heavy (non-hydrogen) atoms. The Morgan fingerprint density at radius 3 is 2.31 bits per heavy atom. The molecule has 0 bridgehead atoms. The quantitative estimate of drug-likeness (QED) is 0.687. The zero-order valence-corrected chi connectivity index (χ0v) is 8.30. The number of hydrogen-bond donors (Lipinski definition) is 2. The third-order valence-electron chi connectivity index (χ3n) is 1.26. The largest absolute Gasteiger partial charge is 0.478 e. The van der Waals surface area contributed by atoms with Crippen molar-refractivity contribution < 1.29 is 9.90 Å². The molecule has 3 nitrogen and oxygen atoms in total. The van der Waals surface area contributed by atoms with Crippen LogP contribution in [0.25, 0.3) is 0 Å². The normalized spacial score (nSPS) is 8.54. The molecule has 0 atom stereocenters. The van der Waals surface area contributed by atoms with Crippen LogP contribution in [0.15, 0.2) is 18.2 Å². The number of anilines is 1. The lowest BCUT2D eigenvalue weighted by Gasteiger charge is -2.00. The van der Waals surface area contributed by atoms with Gasteiger partial charge in [0.25, 0.3) is 0 Å². The van der Waals surface area contributed by atoms with Crippen LogP contribution in [0.3, 0.4) is 0 Å². The van der Waals surface area contributed by atoms with Crippen LogP contribution in [0.5, 0.6) is 0 Å². The summed E-state index contributed by atoms with van der Waals surface area (Å²) in [6.07, 6.45) is 0. The lowest BCUT2D eigenvalue weighted by Crippen LogP contribution is -2.02. The number of nitrogens with two attached hydrogens (primary N) is 1. The Bertz CT molecular complexity index is 279. The van der Waals surface area contributed by atoms with E-state index in [0.29, 0.717) is 0 Å². The van der Waals surface area contributed by atoms with E-state index in [1.165, 1.54) is 12.1 Å². The van der Waals surface area contributed by atoms with Crippen LogP contribution in [-0.4, -0.2) is 11.1 Å². The monoisotopic (exact) mass is 201 g/mol. The highest BCUT2D eigenvalue weighted by Gasteiger charge is 2.10. The van der Waals surface area contributed by atoms with Gasteiger partial charge in [0.2, 0.25) is 0 Å². The van der Waals surface area contributed by atoms with Gasteiger partial charge in [-0.25, -0.2) is 4.79 Å². The maximum atomic E-state index is 10.5. The zero-order valence-electron chi connectivity index (χ0n) is 7.54. The van der Waals surface area contributed by atoms with Crippen LogP contribution in [0.4, 0.5) is 5.69 Å². The molecule has 0 radical (unpaired) electrons. The maximum Gasteiger partial charge on any atom is 0.339 e. The van der Waals surface area contributed by atoms with E-state index in [4.69, 9.17) is 22.4 Å². The molecule has 0 aliphatic heterocycles. The Labute approximate surface area is 82.1 Å². The average Bonchev–Trinajstić information content (AvgIpc) is 2.07. The van der Waals surface area contributed by atoms with E-state index in [1.807, 2.05) is 13.8 Å². The van der Waals surface area contributed by atoms with Gasteiger partial charge in [0, 0.05) is 5.69 Å². The topological polar surface area (TPSA) is 63.3 Å². The highest BCUT2D eigenvalue weighted by molar-refractivity contribution is 6.34. The molecule has 4 heteroatoms. The van der Waals surface area contributed by atoms with Gasteiger partial charge >= 0.3 is 5.97 Å². The molecule has 3 N–H and O–H groups in total. The summed E-state index contributed by atoms with van der Waals surface area (Å²) >= 11 is 5.56. The fourth-order valence-corrected chi connectivity index (χ4v) is 1.03. The summed E-state index contributed by atoms with van der Waals surface area (Å²) in [7, 11) is 0. The predicted molar refractivity (Wildman–Crippen MR) is 54.2 cm³/mol. The maximum absolute atomic E-state index is 10.5. The molecule has 0 aromatic heterocycles. The highest BCUT2D eigenvalue weighted by atomic mass is 35.5. The number of aromatic carboxylic acids is 1. The SMILES string of the molecule is CC.Nc1cccc(Cl)c1C(=O)O. The van der Waals surface area contributed by atoms with Gasteiger partial charge in [-0.2, -0.15) is 0 Å². The number of carboxylic acid groups (broad SMARTS) is 1. The molecule has 0 fully saturated rings. The molecular weight excluding hydrogens is 190 g/mol. The molecule has 0 unspecified atom stereocenters. The van der Waals surface area contributed by atoms with Gasteiger partial charge in [0.05, 0.1) is 5.02 Å². The summed E-state index contributed by atoms with van der Waals surface area (Å²) < 4.78 is 0. The summed E-state index contributed by atoms with van der Waals surface area (Å²) in [5.41, 5.74) is 5.51. The number of halogens is 1. The lowest BCUT2D eigenvalue weighted by atomic mass is 10.2. The molecule has 72 valence electrons. The van der Waals surface area contributed by atoms with Gasteiger partial charge in [-0.05, 0) is 12.1 Å². The fraction of sp³-hybridized carbons (Fsp3) is 0.222. The summed E-state index contributed by atoms with van der Waals surface area (Å²) in [5.74, 6) is -1.10. The van der Waals surface area contributed by atoms with E-state index in [-0.39, 0.29) is 16.3 Å². The first kappa shape index (κ1) is 11.8. The summed E-state index contributed by atoms with van der Waals surface area (Å²) in [6, 6.07) is 4.58. The minimum atomic E-state index is -1.10. The third-order valence-corrected chi connectivity index (χ3v) is 1.57. The van der Waals surface area contributed by atoms with Gasteiger partial charge in [0.15, 0.2) is 0 Å². The van der Waals surface area contributed by atoms with Crippen molar-refractivity contribution in [2.24, 2.45) is 0 Å². The van der Waals surface area contributed by atoms with Crippen LogP contribution < -0.4 is 5.73 Å². The van der Waals surface area contributed by atoms with Crippen molar-refractivity contribution in [3.8, 4) is 0 Å². The van der Waals surface area contributed by atoms with Crippen molar-refractivity contribution in [3.63, 3.8) is 0 Å². The minimum absolute atomic E-state index is 0.0332. The van der Waals surface area contributed by atoms with E-state index in [0.717, 1.165) is 0 Å². The number of rotatable bonds is 1. The van der Waals surface area contributed by atoms with Gasteiger partial charge < -0.3 is 10.8 Å². The summed E-state index contributed by atoms with van der Waals surface area (Å²) in [4.78, 5) is 10.5. The minimum Gasteiger partial charge on any atom is -0.478 e. The van der Waals surface area contributed by atoms with Crippen molar-refractivity contribution in [3.05, 3.63) is 28.8 Å². The Morgan fingerprint density at radius 1 is 1.46 bits per heavy atom. The molecule has 0 spiro atoms. The molecular formula is C9H12ClNO2. The first-order valence-corrected chi connectivity index (χ1v) is 4.28. The Morgan fingerprint density at radius 2 is 2.00 bits per heavy atom. The Kier molecular flexibility index (Phi) is 4.92. The van der Waals surface area contributed by atoms with E-state index < -0.39 is 5.97 Å². The second-order valence-corrected chi connectivity index (χ2v) is 2.42. The van der Waals surface area contributed by atoms with E-state index >= 15 is 0 Å². The summed E-state index contributed by atoms with van der Waals surface area (Å²) in [5, 5.41) is 8.75. The van der Waals surface area contributed by atoms with E-state index in [1.54, 1.807) is 6.07 Å². The summed E-state index contributed by atoms with van der Waals surface area (Å²) in [6.45, 7) is 4.00. The van der Waals surface area contributed by atoms with E-state index in [2.05, 4.69) is 0 Å². The van der Waals surface area contributed by atoms with Crippen molar-refractivity contribution in [1.82, 2.24) is 0 Å². The number of nitrogen functional groups attached to an aromatic ring is 1. The van der Waals surface area contributed by atoms with Gasteiger partial charge in [-0.1, -0.05) is 31.5 Å². The first-order chi connectivity index (χ1) is 6.13. The second kappa shape index (κ2) is 5.43. The van der Waals surface area contributed by atoms with Gasteiger partial charge in [-0.15, -0.1) is 0 Å². The molecule has 0 heterocycles. The van der Waals surface area contributed by atoms with Crippen LogP contribution >= 0.6 is 11.6 Å². The van der Waals surface area contributed by atoms with Crippen molar-refractivity contribution in [1.29, 1.82) is 0 Å². The highest BCUT2D eigenvalue weighted by Crippen LogP contribution is 2.21. The van der Waals surface area contributed by atoms with Gasteiger partial charge in [0.1, 0.15) is 5.56 Å². The fourth-order valence-electron chi connectivity index (χ4n) is 0.766. The van der Waals surface area contributed by atoms with E-state index in [9.17, 15) is 4.79 Å². The van der Waals surface area contributed by atoms with Crippen molar-refractivity contribution >= 4 is 23.3 Å². The number of benzene rings is 1. The first-order valence-electron chi connectivity index (χ1n) is 3.90. The van der Waals surface area contributed by atoms with Crippen LogP contribution in [0.1, 0.15) is 24.2 Å². The predicted octanol–water partition coefficient (Wildman–Crippen LogP) is 2.65. The van der Waals surface area contributed by atoms with Crippen LogP contribution in [0, 0.1) is 0 Å². The van der Waals surface area contributed by atoms with Crippen LogP contribution in [0.2, 0.25) is 5.02 Å². The standard InChI is InChI=1S/C7H6ClNO2.C2H6/c8-4-2-1-3-5(9)6(4)7(10)11;1-2/h1-3H,9H2,(H,10,11);1-2H3.